The molecule has 194 valence electrons. The summed E-state index contributed by atoms with van der Waals surface area (Å²) in [5.41, 5.74) is 0.135. The summed E-state index contributed by atoms with van der Waals surface area (Å²) in [4.78, 5) is 39.9. The summed E-state index contributed by atoms with van der Waals surface area (Å²) in [6, 6.07) is 9.97. The molecule has 36 heavy (non-hydrogen) atoms. The van der Waals surface area contributed by atoms with Crippen LogP contribution in [0.25, 0.3) is 0 Å². The molecule has 1 aliphatic rings. The molecule has 0 atom stereocenters. The Balaban J connectivity index is 1.97. The fraction of sp³-hybridized carbons (Fsp3) is 0.444. The largest absolute Gasteiger partial charge is 0.481 e. The van der Waals surface area contributed by atoms with Gasteiger partial charge in [-0.15, -0.1) is 0 Å². The van der Waals surface area contributed by atoms with Gasteiger partial charge in [0.05, 0.1) is 27.1 Å². The predicted octanol–water partition coefficient (Wildman–Crippen LogP) is 4.66. The van der Waals surface area contributed by atoms with E-state index in [9.17, 15) is 23.9 Å². The average molecular weight is 518 g/mol. The Morgan fingerprint density at radius 2 is 1.83 bits per heavy atom. The monoisotopic (exact) mass is 517 g/mol. The average Bonchev–Trinajstić information content (AvgIpc) is 2.79. The minimum absolute atomic E-state index is 0.0353. The van der Waals surface area contributed by atoms with Gasteiger partial charge in [0.25, 0.3) is 5.91 Å². The SMILES string of the molecule is CNC(=O)c1cc(Cl)c(F)cc1NC(=O)C1(c2ccccc2C(C)C)CN(CCC(C)(C)C(=O)O)C1. The number of hydrogen-bond acceptors (Lipinski definition) is 4. The van der Waals surface area contributed by atoms with Gasteiger partial charge >= 0.3 is 5.97 Å². The summed E-state index contributed by atoms with van der Waals surface area (Å²) in [6.45, 7) is 8.70. The van der Waals surface area contributed by atoms with Crippen LogP contribution in [0.15, 0.2) is 36.4 Å². The van der Waals surface area contributed by atoms with Crippen LogP contribution in [0.5, 0.6) is 0 Å². The lowest BCUT2D eigenvalue weighted by molar-refractivity contribution is -0.148. The van der Waals surface area contributed by atoms with Gasteiger partial charge in [0, 0.05) is 20.1 Å². The minimum atomic E-state index is -0.954. The van der Waals surface area contributed by atoms with E-state index in [2.05, 4.69) is 24.5 Å². The van der Waals surface area contributed by atoms with Crippen molar-refractivity contribution in [3.8, 4) is 0 Å². The summed E-state index contributed by atoms with van der Waals surface area (Å²) in [6.07, 6.45) is 0.426. The molecule has 3 rings (SSSR count). The van der Waals surface area contributed by atoms with E-state index in [1.165, 1.54) is 13.1 Å². The Kier molecular flexibility index (Phi) is 8.10. The molecule has 0 unspecified atom stereocenters. The van der Waals surface area contributed by atoms with E-state index in [4.69, 9.17) is 11.6 Å². The van der Waals surface area contributed by atoms with Crippen LogP contribution in [-0.2, 0) is 15.0 Å². The second kappa shape index (κ2) is 10.6. The molecule has 2 amide bonds. The standard InChI is InChI=1S/C27H33ClFN3O4/c1-16(2)17-8-6-7-9-19(17)27(14-32(15-27)11-10-26(3,4)25(35)36)24(34)31-22-13-21(29)20(28)12-18(22)23(33)30-5/h6-9,12-13,16H,10-11,14-15H2,1-5H3,(H,30,33)(H,31,34)(H,35,36). The molecule has 2 aromatic rings. The molecule has 3 N–H and O–H groups in total. The van der Waals surface area contributed by atoms with Gasteiger partial charge in [-0.1, -0.05) is 49.7 Å². The molecule has 0 aliphatic carbocycles. The molecule has 0 radical (unpaired) electrons. The van der Waals surface area contributed by atoms with Gasteiger partial charge < -0.3 is 20.6 Å². The van der Waals surface area contributed by atoms with Crippen molar-refractivity contribution >= 4 is 35.1 Å². The molecular formula is C27H33ClFN3O4. The van der Waals surface area contributed by atoms with Crippen molar-refractivity contribution in [2.24, 2.45) is 5.41 Å². The van der Waals surface area contributed by atoms with Gasteiger partial charge in [-0.05, 0) is 56.0 Å². The first-order valence-corrected chi connectivity index (χ1v) is 12.3. The molecule has 1 saturated heterocycles. The van der Waals surface area contributed by atoms with Crippen molar-refractivity contribution in [1.29, 1.82) is 0 Å². The number of benzene rings is 2. The van der Waals surface area contributed by atoms with E-state index in [0.29, 0.717) is 26.1 Å². The molecule has 0 saturated carbocycles. The lowest BCUT2D eigenvalue weighted by Gasteiger charge is -2.50. The molecule has 0 spiro atoms. The molecule has 2 aromatic carbocycles. The number of amides is 2. The zero-order valence-electron chi connectivity index (χ0n) is 21.2. The molecule has 1 aliphatic heterocycles. The molecule has 1 heterocycles. The van der Waals surface area contributed by atoms with Crippen LogP contribution in [0.4, 0.5) is 10.1 Å². The van der Waals surface area contributed by atoms with Crippen LogP contribution >= 0.6 is 11.6 Å². The maximum atomic E-state index is 14.3. The zero-order valence-corrected chi connectivity index (χ0v) is 22.0. The third-order valence-electron chi connectivity index (χ3n) is 6.93. The van der Waals surface area contributed by atoms with Gasteiger partial charge in [0.15, 0.2) is 0 Å². The summed E-state index contributed by atoms with van der Waals surface area (Å²) in [5.74, 6) is -2.34. The molecule has 9 heteroatoms. The number of aliphatic carboxylic acids is 1. The van der Waals surface area contributed by atoms with E-state index < -0.39 is 28.5 Å². The molecule has 7 nitrogen and oxygen atoms in total. The van der Waals surface area contributed by atoms with Crippen LogP contribution in [0.1, 0.15) is 61.5 Å². The maximum absolute atomic E-state index is 14.3. The van der Waals surface area contributed by atoms with Crippen LogP contribution in [0.3, 0.4) is 0 Å². The summed E-state index contributed by atoms with van der Waals surface area (Å²) >= 11 is 5.90. The van der Waals surface area contributed by atoms with Crippen LogP contribution in [0, 0.1) is 11.2 Å². The van der Waals surface area contributed by atoms with E-state index in [-0.39, 0.29) is 28.1 Å². The van der Waals surface area contributed by atoms with Crippen LogP contribution in [0.2, 0.25) is 5.02 Å². The lowest BCUT2D eigenvalue weighted by atomic mass is 9.69. The molecule has 0 bridgehead atoms. The zero-order chi connectivity index (χ0) is 26.8. The number of hydrogen-bond donors (Lipinski definition) is 3. The number of nitrogens with zero attached hydrogens (tertiary/aromatic N) is 1. The Bertz CT molecular complexity index is 1180. The first kappa shape index (κ1) is 27.6. The Morgan fingerprint density at radius 3 is 2.42 bits per heavy atom. The quantitative estimate of drug-likeness (QED) is 0.449. The van der Waals surface area contributed by atoms with Crippen molar-refractivity contribution in [2.75, 3.05) is 32.0 Å². The molecular weight excluding hydrogens is 485 g/mol. The first-order valence-electron chi connectivity index (χ1n) is 11.9. The fourth-order valence-electron chi connectivity index (χ4n) is 4.51. The number of carboxylic acids is 1. The number of rotatable bonds is 9. The molecule has 0 aromatic heterocycles. The van der Waals surface area contributed by atoms with Crippen molar-refractivity contribution in [1.82, 2.24) is 10.2 Å². The second-order valence-corrected chi connectivity index (χ2v) is 10.7. The Labute approximate surface area is 216 Å². The highest BCUT2D eigenvalue weighted by atomic mass is 35.5. The van der Waals surface area contributed by atoms with Crippen LogP contribution in [-0.4, -0.2) is 54.5 Å². The van der Waals surface area contributed by atoms with Gasteiger partial charge in [-0.2, -0.15) is 0 Å². The van der Waals surface area contributed by atoms with Crippen molar-refractivity contribution in [3.63, 3.8) is 0 Å². The van der Waals surface area contributed by atoms with E-state index in [0.717, 1.165) is 17.2 Å². The highest BCUT2D eigenvalue weighted by Gasteiger charge is 2.52. The van der Waals surface area contributed by atoms with E-state index in [1.54, 1.807) is 13.8 Å². The third-order valence-corrected chi connectivity index (χ3v) is 7.22. The van der Waals surface area contributed by atoms with E-state index in [1.807, 2.05) is 29.2 Å². The second-order valence-electron chi connectivity index (χ2n) is 10.3. The lowest BCUT2D eigenvalue weighted by Crippen LogP contribution is -2.65. The maximum Gasteiger partial charge on any atom is 0.309 e. The van der Waals surface area contributed by atoms with Crippen molar-refractivity contribution in [2.45, 2.75) is 45.4 Å². The summed E-state index contributed by atoms with van der Waals surface area (Å²) < 4.78 is 14.3. The number of carboxylic acid groups (broad SMARTS) is 1. The van der Waals surface area contributed by atoms with Gasteiger partial charge in [0.2, 0.25) is 5.91 Å². The van der Waals surface area contributed by atoms with Gasteiger partial charge in [-0.25, -0.2) is 4.39 Å². The predicted molar refractivity (Wildman–Crippen MR) is 138 cm³/mol. The van der Waals surface area contributed by atoms with Crippen LogP contribution < -0.4 is 10.6 Å². The van der Waals surface area contributed by atoms with Gasteiger partial charge in [0.1, 0.15) is 5.82 Å². The van der Waals surface area contributed by atoms with Gasteiger partial charge in [-0.3, -0.25) is 14.4 Å². The topological polar surface area (TPSA) is 98.7 Å². The number of likely N-dealkylation sites (tertiary alicyclic amines) is 1. The number of carbonyl (C=O) groups excluding carboxylic acids is 2. The number of halogens is 2. The normalized spacial score (nSPS) is 15.3. The molecule has 1 fully saturated rings. The van der Waals surface area contributed by atoms with E-state index >= 15 is 0 Å². The summed E-state index contributed by atoms with van der Waals surface area (Å²) in [7, 11) is 1.44. The smallest absolute Gasteiger partial charge is 0.309 e. The number of carbonyl (C=O) groups is 3. The Hall–Kier alpha value is -2.97. The summed E-state index contributed by atoms with van der Waals surface area (Å²) in [5, 5.41) is 14.5. The van der Waals surface area contributed by atoms with Crippen molar-refractivity contribution < 1.29 is 23.9 Å². The van der Waals surface area contributed by atoms with Crippen molar-refractivity contribution in [3.05, 3.63) is 63.9 Å². The highest BCUT2D eigenvalue weighted by molar-refractivity contribution is 6.31. The fourth-order valence-corrected chi connectivity index (χ4v) is 4.67. The third kappa shape index (κ3) is 5.39. The number of anilines is 1. The minimum Gasteiger partial charge on any atom is -0.481 e. The highest BCUT2D eigenvalue weighted by Crippen LogP contribution is 2.41. The Morgan fingerprint density at radius 1 is 1.19 bits per heavy atom. The first-order chi connectivity index (χ1) is 16.8. The number of nitrogens with one attached hydrogen (secondary N) is 2.